The molecule has 0 radical (unpaired) electrons. The highest BCUT2D eigenvalue weighted by Gasteiger charge is 2.50. The van der Waals surface area contributed by atoms with Gasteiger partial charge in [-0.15, -0.1) is 0 Å². The summed E-state index contributed by atoms with van der Waals surface area (Å²) in [4.78, 5) is 12.8. The van der Waals surface area contributed by atoms with Gasteiger partial charge in [-0.2, -0.15) is 0 Å². The molecule has 4 bridgehead atoms. The predicted octanol–water partition coefficient (Wildman–Crippen LogP) is 3.19. The van der Waals surface area contributed by atoms with Crippen LogP contribution in [0.5, 0.6) is 0 Å². The molecule has 5 rings (SSSR count). The number of carbonyl (C=O) groups is 1. The van der Waals surface area contributed by atoms with E-state index < -0.39 is 10.0 Å². The zero-order valence-electron chi connectivity index (χ0n) is 14.9. The van der Waals surface area contributed by atoms with E-state index in [2.05, 4.69) is 10.0 Å². The molecule has 7 heteroatoms. The fraction of sp³-hybridized carbons (Fsp3) is 0.632. The molecule has 0 spiro atoms. The number of amides is 1. The van der Waals surface area contributed by atoms with Gasteiger partial charge in [-0.1, -0.05) is 11.6 Å². The maximum absolute atomic E-state index is 12.7. The number of hydrogen-bond donors (Lipinski definition) is 2. The zero-order valence-corrected chi connectivity index (χ0v) is 16.5. The number of halogens is 1. The molecule has 0 heterocycles. The average Bonchev–Trinajstić information content (AvgIpc) is 2.59. The van der Waals surface area contributed by atoms with E-state index in [-0.39, 0.29) is 26.8 Å². The number of sulfonamides is 1. The van der Waals surface area contributed by atoms with E-state index in [1.165, 1.54) is 63.8 Å². The minimum Gasteiger partial charge on any atom is -0.351 e. The molecule has 142 valence electrons. The van der Waals surface area contributed by atoms with Crippen molar-refractivity contribution in [3.05, 3.63) is 28.8 Å². The van der Waals surface area contributed by atoms with Gasteiger partial charge in [0.2, 0.25) is 10.0 Å². The monoisotopic (exact) mass is 396 g/mol. The van der Waals surface area contributed by atoms with Gasteiger partial charge in [0.05, 0.1) is 15.5 Å². The lowest BCUT2D eigenvalue weighted by molar-refractivity contribution is -0.0503. The lowest BCUT2D eigenvalue weighted by Crippen LogP contribution is -2.51. The molecular formula is C19H25ClN2O3S. The number of benzene rings is 1. The summed E-state index contributed by atoms with van der Waals surface area (Å²) in [6.07, 6.45) is 7.72. The molecule has 4 saturated carbocycles. The van der Waals surface area contributed by atoms with E-state index in [1.54, 1.807) is 0 Å². The van der Waals surface area contributed by atoms with Gasteiger partial charge in [0.15, 0.2) is 0 Å². The lowest BCUT2D eigenvalue weighted by Gasteiger charge is -2.56. The second-order valence-corrected chi connectivity index (χ2v) is 10.7. The molecule has 1 aromatic rings. The van der Waals surface area contributed by atoms with Gasteiger partial charge in [-0.3, -0.25) is 4.79 Å². The highest BCUT2D eigenvalue weighted by Crippen LogP contribution is 2.59. The van der Waals surface area contributed by atoms with Crippen molar-refractivity contribution in [1.82, 2.24) is 10.0 Å². The van der Waals surface area contributed by atoms with E-state index in [4.69, 9.17) is 11.6 Å². The third-order valence-electron chi connectivity index (χ3n) is 6.55. The molecule has 0 aliphatic heterocycles. The van der Waals surface area contributed by atoms with Crippen LogP contribution in [0.15, 0.2) is 23.1 Å². The van der Waals surface area contributed by atoms with Crippen molar-refractivity contribution in [2.45, 2.75) is 43.4 Å². The van der Waals surface area contributed by atoms with Gasteiger partial charge >= 0.3 is 0 Å². The first-order chi connectivity index (χ1) is 12.3. The molecule has 0 saturated heterocycles. The van der Waals surface area contributed by atoms with Crippen LogP contribution in [0.25, 0.3) is 0 Å². The van der Waals surface area contributed by atoms with Crippen molar-refractivity contribution in [3.63, 3.8) is 0 Å². The average molecular weight is 397 g/mol. The quantitative estimate of drug-likeness (QED) is 0.802. The Labute approximate surface area is 159 Å². The third kappa shape index (κ3) is 3.27. The Morgan fingerprint density at radius 2 is 1.73 bits per heavy atom. The summed E-state index contributed by atoms with van der Waals surface area (Å²) in [5.41, 5.74) is 0.443. The van der Waals surface area contributed by atoms with Gasteiger partial charge in [0.1, 0.15) is 0 Å². The highest BCUT2D eigenvalue weighted by atomic mass is 35.5. The van der Waals surface area contributed by atoms with Crippen LogP contribution in [-0.2, 0) is 10.0 Å². The molecular weight excluding hydrogens is 372 g/mol. The van der Waals surface area contributed by atoms with Crippen LogP contribution in [0.1, 0.15) is 48.9 Å². The molecule has 0 atom stereocenters. The molecule has 1 amide bonds. The summed E-state index contributed by atoms with van der Waals surface area (Å²) in [5.74, 6) is 2.18. The molecule has 4 fully saturated rings. The molecule has 0 unspecified atom stereocenters. The molecule has 2 N–H and O–H groups in total. The Hall–Kier alpha value is -1.11. The Balaban J connectivity index is 1.50. The largest absolute Gasteiger partial charge is 0.351 e. The van der Waals surface area contributed by atoms with Crippen molar-refractivity contribution in [1.29, 1.82) is 0 Å². The van der Waals surface area contributed by atoms with Gasteiger partial charge in [-0.05, 0) is 86.9 Å². The van der Waals surface area contributed by atoms with E-state index in [0.717, 1.165) is 17.8 Å². The van der Waals surface area contributed by atoms with Crippen molar-refractivity contribution in [3.8, 4) is 0 Å². The summed E-state index contributed by atoms with van der Waals surface area (Å²) in [7, 11) is -2.27. The van der Waals surface area contributed by atoms with Crippen LogP contribution in [0.2, 0.25) is 5.02 Å². The molecule has 4 aliphatic carbocycles. The molecule has 4 aliphatic rings. The summed E-state index contributed by atoms with van der Waals surface area (Å²) in [6, 6.07) is 4.22. The Kier molecular flexibility index (Phi) is 4.56. The third-order valence-corrected chi connectivity index (χ3v) is 8.29. The standard InChI is InChI=1S/C19H25ClN2O3S/c1-21-26(24,25)15-2-3-17(20)16(7-15)18(23)22-11-19-8-12-4-13(9-19)6-14(5-12)10-19/h2-3,7,12-14,21H,4-6,8-11H2,1H3,(H,22,23). The normalized spacial score (nSPS) is 32.6. The van der Waals surface area contributed by atoms with Crippen molar-refractivity contribution < 1.29 is 13.2 Å². The molecule has 5 nitrogen and oxygen atoms in total. The number of hydrogen-bond acceptors (Lipinski definition) is 3. The van der Waals surface area contributed by atoms with Gasteiger partial charge in [0, 0.05) is 6.54 Å². The van der Waals surface area contributed by atoms with Gasteiger partial charge < -0.3 is 5.32 Å². The highest BCUT2D eigenvalue weighted by molar-refractivity contribution is 7.89. The smallest absolute Gasteiger partial charge is 0.252 e. The number of nitrogens with one attached hydrogen (secondary N) is 2. The van der Waals surface area contributed by atoms with Crippen LogP contribution >= 0.6 is 11.6 Å². The first kappa shape index (κ1) is 18.3. The maximum atomic E-state index is 12.7. The number of rotatable bonds is 5. The minimum absolute atomic E-state index is 0.0457. The number of carbonyl (C=O) groups excluding carboxylic acids is 1. The van der Waals surface area contributed by atoms with Crippen LogP contribution in [-0.4, -0.2) is 27.9 Å². The first-order valence-electron chi connectivity index (χ1n) is 9.31. The molecule has 0 aromatic heterocycles. The van der Waals surface area contributed by atoms with Crippen LogP contribution in [0.3, 0.4) is 0 Å². The van der Waals surface area contributed by atoms with Crippen LogP contribution in [0.4, 0.5) is 0 Å². The van der Waals surface area contributed by atoms with Gasteiger partial charge in [-0.25, -0.2) is 13.1 Å². The fourth-order valence-electron chi connectivity index (χ4n) is 5.83. The lowest BCUT2D eigenvalue weighted by atomic mass is 9.49. The summed E-state index contributed by atoms with van der Waals surface area (Å²) < 4.78 is 26.2. The minimum atomic E-state index is -3.61. The maximum Gasteiger partial charge on any atom is 0.252 e. The van der Waals surface area contributed by atoms with Crippen LogP contribution < -0.4 is 10.0 Å². The summed E-state index contributed by atoms with van der Waals surface area (Å²) >= 11 is 6.16. The second kappa shape index (κ2) is 6.50. The predicted molar refractivity (Wildman–Crippen MR) is 101 cm³/mol. The van der Waals surface area contributed by atoms with Crippen molar-refractivity contribution in [2.75, 3.05) is 13.6 Å². The first-order valence-corrected chi connectivity index (χ1v) is 11.2. The Morgan fingerprint density at radius 3 is 2.27 bits per heavy atom. The Bertz CT molecular complexity index is 802. The van der Waals surface area contributed by atoms with E-state index >= 15 is 0 Å². The fourth-order valence-corrected chi connectivity index (χ4v) is 6.79. The molecule has 26 heavy (non-hydrogen) atoms. The topological polar surface area (TPSA) is 75.3 Å². The van der Waals surface area contributed by atoms with Crippen LogP contribution in [0, 0.1) is 23.2 Å². The zero-order chi connectivity index (χ0) is 18.5. The summed E-state index contributed by atoms with van der Waals surface area (Å²) in [6.45, 7) is 0.661. The second-order valence-electron chi connectivity index (χ2n) is 8.45. The van der Waals surface area contributed by atoms with Crippen molar-refractivity contribution in [2.24, 2.45) is 23.2 Å². The van der Waals surface area contributed by atoms with E-state index in [0.29, 0.717) is 6.54 Å². The van der Waals surface area contributed by atoms with E-state index in [1.807, 2.05) is 0 Å². The Morgan fingerprint density at radius 1 is 1.15 bits per heavy atom. The molecule has 1 aromatic carbocycles. The van der Waals surface area contributed by atoms with Crippen molar-refractivity contribution >= 4 is 27.5 Å². The van der Waals surface area contributed by atoms with E-state index in [9.17, 15) is 13.2 Å². The van der Waals surface area contributed by atoms with Gasteiger partial charge in [0.25, 0.3) is 5.91 Å². The summed E-state index contributed by atoms with van der Waals surface area (Å²) in [5, 5.41) is 3.32. The SMILES string of the molecule is CNS(=O)(=O)c1ccc(Cl)c(C(=O)NCC23CC4CC(CC(C4)C2)C3)c1.